The molecule has 0 spiro atoms. The first-order chi connectivity index (χ1) is 12.8. The number of phenols is 1. The molecule has 0 radical (unpaired) electrons. The minimum absolute atomic E-state index is 0.0453. The van der Waals surface area contributed by atoms with E-state index in [4.69, 9.17) is 23.7 Å². The normalized spacial score (nSPS) is 30.4. The van der Waals surface area contributed by atoms with Gasteiger partial charge in [-0.25, -0.2) is 0 Å². The van der Waals surface area contributed by atoms with Crippen LogP contribution in [0.5, 0.6) is 17.2 Å². The molecule has 1 saturated heterocycles. The number of aromatic amines is 1. The Labute approximate surface area is 153 Å². The summed E-state index contributed by atoms with van der Waals surface area (Å²) in [5, 5.41) is 21.9. The molecule has 9 heteroatoms. The summed E-state index contributed by atoms with van der Waals surface area (Å²) in [5.74, 6) is -0.792. The molecular formula is C18H19NO8. The van der Waals surface area contributed by atoms with E-state index < -0.39 is 35.8 Å². The van der Waals surface area contributed by atoms with Crippen LogP contribution in [-0.2, 0) is 14.2 Å². The molecule has 3 heterocycles. The summed E-state index contributed by atoms with van der Waals surface area (Å²) in [7, 11) is 1.46. The predicted octanol–water partition coefficient (Wildman–Crippen LogP) is 1.22. The molecule has 0 saturated carbocycles. The third-order valence-electron chi connectivity index (χ3n) is 5.29. The van der Waals surface area contributed by atoms with E-state index in [1.807, 2.05) is 0 Å². The first-order valence-electron chi connectivity index (χ1n) is 8.60. The molecule has 9 nitrogen and oxygen atoms in total. The van der Waals surface area contributed by atoms with Gasteiger partial charge in [-0.1, -0.05) is 0 Å². The van der Waals surface area contributed by atoms with Gasteiger partial charge < -0.3 is 38.9 Å². The van der Waals surface area contributed by atoms with Gasteiger partial charge in [-0.15, -0.1) is 0 Å². The van der Waals surface area contributed by atoms with Crippen molar-refractivity contribution >= 4 is 10.8 Å². The summed E-state index contributed by atoms with van der Waals surface area (Å²) in [5.41, 5.74) is 0.479. The number of benzene rings is 1. The Hall–Kier alpha value is -2.33. The van der Waals surface area contributed by atoms with Crippen LogP contribution in [0.25, 0.3) is 10.8 Å². The molecule has 3 aliphatic rings. The molecule has 1 aliphatic carbocycles. The minimum atomic E-state index is -1.03. The Kier molecular flexibility index (Phi) is 3.33. The number of aromatic hydroxyl groups is 1. The maximum Gasteiger partial charge on any atom is 0.260 e. The van der Waals surface area contributed by atoms with Gasteiger partial charge in [-0.2, -0.15) is 0 Å². The van der Waals surface area contributed by atoms with Crippen LogP contribution in [0, 0.1) is 0 Å². The number of methoxy groups -OCH3 is 1. The van der Waals surface area contributed by atoms with Crippen molar-refractivity contribution in [2.45, 2.75) is 44.1 Å². The summed E-state index contributed by atoms with van der Waals surface area (Å²) in [6.45, 7) is 3.43. The Morgan fingerprint density at radius 3 is 2.81 bits per heavy atom. The van der Waals surface area contributed by atoms with Crippen molar-refractivity contribution in [3.8, 4) is 17.2 Å². The highest BCUT2D eigenvalue weighted by Crippen LogP contribution is 2.52. The number of H-pyrrole nitrogens is 1. The van der Waals surface area contributed by atoms with Crippen molar-refractivity contribution in [3.05, 3.63) is 27.7 Å². The van der Waals surface area contributed by atoms with Crippen LogP contribution in [-0.4, -0.2) is 47.1 Å². The average molecular weight is 377 g/mol. The zero-order valence-corrected chi connectivity index (χ0v) is 14.9. The number of phenolic OH excluding ortho intramolecular Hbond substituents is 1. The molecule has 0 bridgehead atoms. The molecule has 2 aliphatic heterocycles. The van der Waals surface area contributed by atoms with Crippen LogP contribution < -0.4 is 15.0 Å². The first kappa shape index (κ1) is 16.8. The molecule has 2 aromatic rings. The minimum Gasteiger partial charge on any atom is -0.504 e. The lowest BCUT2D eigenvalue weighted by molar-refractivity contribution is -0.163. The first-order valence-corrected chi connectivity index (χ1v) is 8.60. The highest BCUT2D eigenvalue weighted by atomic mass is 16.8. The van der Waals surface area contributed by atoms with Crippen molar-refractivity contribution < 1.29 is 33.9 Å². The molecule has 0 amide bonds. The van der Waals surface area contributed by atoms with Gasteiger partial charge >= 0.3 is 0 Å². The summed E-state index contributed by atoms with van der Waals surface area (Å²) in [6.07, 6.45) is -3.21. The molecule has 27 heavy (non-hydrogen) atoms. The predicted molar refractivity (Wildman–Crippen MR) is 90.9 cm³/mol. The van der Waals surface area contributed by atoms with E-state index in [2.05, 4.69) is 4.98 Å². The van der Waals surface area contributed by atoms with Crippen molar-refractivity contribution in [3.63, 3.8) is 0 Å². The Morgan fingerprint density at radius 2 is 2.07 bits per heavy atom. The second kappa shape index (κ2) is 5.35. The van der Waals surface area contributed by atoms with E-state index >= 15 is 0 Å². The van der Waals surface area contributed by atoms with E-state index in [0.717, 1.165) is 0 Å². The number of aliphatic hydroxyl groups excluding tert-OH is 1. The summed E-state index contributed by atoms with van der Waals surface area (Å²) in [6, 6.07) is 1.62. The van der Waals surface area contributed by atoms with Crippen LogP contribution in [0.1, 0.15) is 37.3 Å². The topological polar surface area (TPSA) is 119 Å². The lowest BCUT2D eigenvalue weighted by Crippen LogP contribution is -2.42. The van der Waals surface area contributed by atoms with Gasteiger partial charge in [-0.3, -0.25) is 4.79 Å². The number of pyridine rings is 1. The zero-order valence-electron chi connectivity index (χ0n) is 14.9. The SMILES string of the molecule is CO[C@H]1c2c([nH]c(=O)c3c(O)c4c(cc23)OCO4)[C@@H]2OC(C)(C)O[C@@H]2[C@H]1O. The van der Waals surface area contributed by atoms with Crippen LogP contribution in [0.2, 0.25) is 0 Å². The summed E-state index contributed by atoms with van der Waals surface area (Å²) >= 11 is 0. The molecule has 1 fully saturated rings. The second-order valence-electron chi connectivity index (χ2n) is 7.33. The Bertz CT molecular complexity index is 1010. The lowest BCUT2D eigenvalue weighted by atomic mass is 9.83. The molecule has 3 N–H and O–H groups in total. The van der Waals surface area contributed by atoms with Gasteiger partial charge in [-0.05, 0) is 19.9 Å². The summed E-state index contributed by atoms with van der Waals surface area (Å²) in [4.78, 5) is 15.6. The fourth-order valence-corrected chi connectivity index (χ4v) is 4.26. The summed E-state index contributed by atoms with van der Waals surface area (Å²) < 4.78 is 28.0. The van der Waals surface area contributed by atoms with E-state index in [1.165, 1.54) is 7.11 Å². The largest absolute Gasteiger partial charge is 0.504 e. The third-order valence-corrected chi connectivity index (χ3v) is 5.29. The number of nitrogens with one attached hydrogen (secondary N) is 1. The van der Waals surface area contributed by atoms with Gasteiger partial charge in [0, 0.05) is 18.1 Å². The second-order valence-corrected chi connectivity index (χ2v) is 7.33. The zero-order chi connectivity index (χ0) is 19.1. The average Bonchev–Trinajstić information content (AvgIpc) is 3.20. The number of fused-ring (bicyclic) bond motifs is 6. The standard InChI is InChI=1S/C18H19NO8/c1-18(2)26-15-10-8(14(23-3)12(21)16(15)27-18)6-4-7-13(25-5-24-7)11(20)9(6)17(22)19-10/h4,12,14-16,20-21H,5H2,1-3H3,(H,19,22)/t12-,14-,15-,16+/m0/s1. The Morgan fingerprint density at radius 1 is 1.30 bits per heavy atom. The highest BCUT2D eigenvalue weighted by Gasteiger charge is 2.53. The maximum atomic E-state index is 12.8. The maximum absolute atomic E-state index is 12.8. The van der Waals surface area contributed by atoms with Gasteiger partial charge in [0.15, 0.2) is 17.3 Å². The lowest BCUT2D eigenvalue weighted by Gasteiger charge is -2.36. The van der Waals surface area contributed by atoms with E-state index in [9.17, 15) is 15.0 Å². The van der Waals surface area contributed by atoms with Crippen LogP contribution >= 0.6 is 0 Å². The van der Waals surface area contributed by atoms with Gasteiger partial charge in [0.25, 0.3) is 5.56 Å². The van der Waals surface area contributed by atoms with Crippen molar-refractivity contribution in [2.24, 2.45) is 0 Å². The number of aromatic nitrogens is 1. The number of hydrogen-bond donors (Lipinski definition) is 3. The van der Waals surface area contributed by atoms with Gasteiger partial charge in [0.2, 0.25) is 12.5 Å². The van der Waals surface area contributed by atoms with E-state index in [0.29, 0.717) is 22.4 Å². The van der Waals surface area contributed by atoms with Crippen LogP contribution in [0.15, 0.2) is 10.9 Å². The molecule has 0 unspecified atom stereocenters. The van der Waals surface area contributed by atoms with Crippen molar-refractivity contribution in [2.75, 3.05) is 13.9 Å². The molecule has 1 aromatic carbocycles. The monoisotopic (exact) mass is 377 g/mol. The quantitative estimate of drug-likeness (QED) is 0.679. The van der Waals surface area contributed by atoms with Gasteiger partial charge in [0.1, 0.15) is 24.4 Å². The molecule has 1 aromatic heterocycles. The molecule has 144 valence electrons. The highest BCUT2D eigenvalue weighted by molar-refractivity contribution is 5.95. The third kappa shape index (κ3) is 2.16. The fourth-order valence-electron chi connectivity index (χ4n) is 4.26. The molecule has 4 atom stereocenters. The smallest absolute Gasteiger partial charge is 0.260 e. The van der Waals surface area contributed by atoms with Crippen molar-refractivity contribution in [1.82, 2.24) is 4.98 Å². The van der Waals surface area contributed by atoms with E-state index in [1.54, 1.807) is 19.9 Å². The van der Waals surface area contributed by atoms with Crippen molar-refractivity contribution in [1.29, 1.82) is 0 Å². The number of hydrogen-bond acceptors (Lipinski definition) is 8. The number of ether oxygens (including phenoxy) is 5. The Balaban J connectivity index is 1.85. The van der Waals surface area contributed by atoms with E-state index in [-0.39, 0.29) is 23.7 Å². The molecular weight excluding hydrogens is 358 g/mol. The van der Waals surface area contributed by atoms with Gasteiger partial charge in [0.05, 0.1) is 11.1 Å². The fraction of sp³-hybridized carbons (Fsp3) is 0.500. The van der Waals surface area contributed by atoms with Crippen LogP contribution in [0.4, 0.5) is 0 Å². The number of rotatable bonds is 1. The number of aliphatic hydroxyl groups is 1. The molecule has 5 rings (SSSR count). The van der Waals surface area contributed by atoms with Crippen LogP contribution in [0.3, 0.4) is 0 Å².